The van der Waals surface area contributed by atoms with Crippen molar-refractivity contribution in [3.05, 3.63) is 53.7 Å². The average molecular weight is 336 g/mol. The molecule has 0 radical (unpaired) electrons. The molecule has 4 heteroatoms. The van der Waals surface area contributed by atoms with E-state index in [0.29, 0.717) is 0 Å². The molecule has 0 saturated carbocycles. The van der Waals surface area contributed by atoms with Gasteiger partial charge in [-0.15, -0.1) is 0 Å². The molecule has 0 aliphatic rings. The number of nitrogens with zero attached hydrogens (tertiary/aromatic N) is 2. The van der Waals surface area contributed by atoms with Gasteiger partial charge in [-0.3, -0.25) is 4.40 Å². The lowest BCUT2D eigenvalue weighted by molar-refractivity contribution is 0.318. The van der Waals surface area contributed by atoms with Gasteiger partial charge in [-0.1, -0.05) is 48.1 Å². The van der Waals surface area contributed by atoms with Crippen LogP contribution in [0.2, 0.25) is 0 Å². The standard InChI is InChI=1S/C20H20N2OS/c1-4-11-23-16-9-10-17-18(12-16)24-20-21-19(14(3)22(17)20)15-7-5-13(2)6-8-15/h5-10,12H,4,11H2,1-3H3. The topological polar surface area (TPSA) is 26.5 Å². The molecule has 2 aromatic heterocycles. The van der Waals surface area contributed by atoms with E-state index in [1.807, 2.05) is 0 Å². The van der Waals surface area contributed by atoms with Gasteiger partial charge in [-0.05, 0) is 38.5 Å². The van der Waals surface area contributed by atoms with E-state index >= 15 is 0 Å². The fourth-order valence-electron chi connectivity index (χ4n) is 2.98. The molecule has 0 amide bonds. The number of rotatable bonds is 4. The van der Waals surface area contributed by atoms with Gasteiger partial charge >= 0.3 is 0 Å². The Labute approximate surface area is 145 Å². The first-order valence-corrected chi connectivity index (χ1v) is 9.10. The number of imidazole rings is 1. The van der Waals surface area contributed by atoms with Gasteiger partial charge in [-0.2, -0.15) is 0 Å². The van der Waals surface area contributed by atoms with Gasteiger partial charge in [0.15, 0.2) is 4.96 Å². The Morgan fingerprint density at radius 1 is 1.08 bits per heavy atom. The molecule has 0 saturated heterocycles. The molecular formula is C20H20N2OS. The van der Waals surface area contributed by atoms with E-state index in [2.05, 4.69) is 67.6 Å². The summed E-state index contributed by atoms with van der Waals surface area (Å²) in [5, 5.41) is 0. The zero-order valence-corrected chi connectivity index (χ0v) is 15.0. The van der Waals surface area contributed by atoms with E-state index in [0.717, 1.165) is 29.4 Å². The van der Waals surface area contributed by atoms with Crippen molar-refractivity contribution in [1.82, 2.24) is 9.38 Å². The Hall–Kier alpha value is -2.33. The van der Waals surface area contributed by atoms with Crippen molar-refractivity contribution in [3.63, 3.8) is 0 Å². The van der Waals surface area contributed by atoms with Gasteiger partial charge in [0.25, 0.3) is 0 Å². The van der Waals surface area contributed by atoms with E-state index in [9.17, 15) is 0 Å². The highest BCUT2D eigenvalue weighted by molar-refractivity contribution is 7.23. The number of aromatic nitrogens is 2. The van der Waals surface area contributed by atoms with E-state index in [1.165, 1.54) is 27.0 Å². The minimum atomic E-state index is 0.755. The fraction of sp³-hybridized carbons (Fsp3) is 0.250. The maximum atomic E-state index is 5.75. The minimum absolute atomic E-state index is 0.755. The maximum Gasteiger partial charge on any atom is 0.195 e. The fourth-order valence-corrected chi connectivity index (χ4v) is 4.08. The monoisotopic (exact) mass is 336 g/mol. The molecule has 0 atom stereocenters. The summed E-state index contributed by atoms with van der Waals surface area (Å²) in [4.78, 5) is 5.91. The number of hydrogen-bond acceptors (Lipinski definition) is 3. The lowest BCUT2D eigenvalue weighted by Gasteiger charge is -2.04. The predicted molar refractivity (Wildman–Crippen MR) is 101 cm³/mol. The molecule has 122 valence electrons. The highest BCUT2D eigenvalue weighted by Crippen LogP contribution is 2.34. The van der Waals surface area contributed by atoms with Gasteiger partial charge in [0.05, 0.1) is 22.5 Å². The largest absolute Gasteiger partial charge is 0.494 e. The molecular weight excluding hydrogens is 316 g/mol. The first kappa shape index (κ1) is 15.2. The molecule has 0 aliphatic heterocycles. The van der Waals surface area contributed by atoms with Crippen molar-refractivity contribution >= 4 is 26.5 Å². The maximum absolute atomic E-state index is 5.75. The van der Waals surface area contributed by atoms with Crippen LogP contribution in [-0.4, -0.2) is 16.0 Å². The molecule has 2 aromatic carbocycles. The highest BCUT2D eigenvalue weighted by Gasteiger charge is 2.15. The van der Waals surface area contributed by atoms with E-state index in [-0.39, 0.29) is 0 Å². The second kappa shape index (κ2) is 5.95. The predicted octanol–water partition coefficient (Wildman–Crippen LogP) is 5.62. The first-order chi connectivity index (χ1) is 11.7. The van der Waals surface area contributed by atoms with Crippen LogP contribution in [-0.2, 0) is 0 Å². The van der Waals surface area contributed by atoms with Crippen LogP contribution < -0.4 is 4.74 Å². The second-order valence-electron chi connectivity index (χ2n) is 6.11. The second-order valence-corrected chi connectivity index (χ2v) is 7.12. The molecule has 0 unspecified atom stereocenters. The molecule has 2 heterocycles. The van der Waals surface area contributed by atoms with Gasteiger partial charge in [0, 0.05) is 11.3 Å². The third-order valence-electron chi connectivity index (χ3n) is 4.25. The number of ether oxygens (including phenoxy) is 1. The molecule has 0 spiro atoms. The van der Waals surface area contributed by atoms with Crippen molar-refractivity contribution in [1.29, 1.82) is 0 Å². The van der Waals surface area contributed by atoms with Crippen molar-refractivity contribution in [2.75, 3.05) is 6.61 Å². The van der Waals surface area contributed by atoms with Crippen LogP contribution in [0.15, 0.2) is 42.5 Å². The molecule has 0 fully saturated rings. The SMILES string of the molecule is CCCOc1ccc2c(c1)sc1nc(-c3ccc(C)cc3)c(C)n12. The normalized spacial score (nSPS) is 11.5. The van der Waals surface area contributed by atoms with Gasteiger partial charge in [0.1, 0.15) is 5.75 Å². The van der Waals surface area contributed by atoms with Gasteiger partial charge < -0.3 is 4.74 Å². The molecule has 4 aromatic rings. The Balaban J connectivity index is 1.83. The third-order valence-corrected chi connectivity index (χ3v) is 5.25. The summed E-state index contributed by atoms with van der Waals surface area (Å²) >= 11 is 1.71. The van der Waals surface area contributed by atoms with Crippen molar-refractivity contribution in [2.45, 2.75) is 27.2 Å². The Bertz CT molecular complexity index is 1010. The third kappa shape index (κ3) is 2.47. The van der Waals surface area contributed by atoms with Gasteiger partial charge in [0.2, 0.25) is 0 Å². The Morgan fingerprint density at radius 2 is 1.88 bits per heavy atom. The molecule has 0 N–H and O–H groups in total. The van der Waals surface area contributed by atoms with Crippen molar-refractivity contribution in [2.24, 2.45) is 0 Å². The van der Waals surface area contributed by atoms with E-state index in [1.54, 1.807) is 11.3 Å². The molecule has 0 bridgehead atoms. The van der Waals surface area contributed by atoms with Crippen molar-refractivity contribution in [3.8, 4) is 17.0 Å². The van der Waals surface area contributed by atoms with Crippen LogP contribution >= 0.6 is 11.3 Å². The smallest absolute Gasteiger partial charge is 0.195 e. The number of thiazole rings is 1. The average Bonchev–Trinajstić information content (AvgIpc) is 3.10. The molecule has 3 nitrogen and oxygen atoms in total. The van der Waals surface area contributed by atoms with Crippen LogP contribution in [0.1, 0.15) is 24.6 Å². The summed E-state index contributed by atoms with van der Waals surface area (Å²) in [6.07, 6.45) is 1.02. The van der Waals surface area contributed by atoms with E-state index in [4.69, 9.17) is 9.72 Å². The number of hydrogen-bond donors (Lipinski definition) is 0. The number of fused-ring (bicyclic) bond motifs is 3. The molecule has 24 heavy (non-hydrogen) atoms. The summed E-state index contributed by atoms with van der Waals surface area (Å²) in [5.74, 6) is 0.935. The lowest BCUT2D eigenvalue weighted by atomic mass is 10.1. The Kier molecular flexibility index (Phi) is 3.77. The minimum Gasteiger partial charge on any atom is -0.494 e. The van der Waals surface area contributed by atoms with Crippen LogP contribution in [0.4, 0.5) is 0 Å². The first-order valence-electron chi connectivity index (χ1n) is 8.29. The van der Waals surface area contributed by atoms with Crippen LogP contribution in [0, 0.1) is 13.8 Å². The summed E-state index contributed by atoms with van der Waals surface area (Å²) in [7, 11) is 0. The molecule has 4 rings (SSSR count). The van der Waals surface area contributed by atoms with Gasteiger partial charge in [-0.25, -0.2) is 4.98 Å². The van der Waals surface area contributed by atoms with Crippen LogP contribution in [0.3, 0.4) is 0 Å². The number of benzene rings is 2. The summed E-state index contributed by atoms with van der Waals surface area (Å²) in [6.45, 7) is 7.12. The summed E-state index contributed by atoms with van der Waals surface area (Å²) in [5.41, 5.74) is 5.88. The summed E-state index contributed by atoms with van der Waals surface area (Å²) < 4.78 is 9.21. The molecule has 0 aliphatic carbocycles. The zero-order valence-electron chi connectivity index (χ0n) is 14.2. The van der Waals surface area contributed by atoms with Crippen molar-refractivity contribution < 1.29 is 4.74 Å². The van der Waals surface area contributed by atoms with Crippen LogP contribution in [0.5, 0.6) is 5.75 Å². The lowest BCUT2D eigenvalue weighted by Crippen LogP contribution is -1.94. The van der Waals surface area contributed by atoms with Crippen LogP contribution in [0.25, 0.3) is 26.4 Å². The Morgan fingerprint density at radius 3 is 2.62 bits per heavy atom. The van der Waals surface area contributed by atoms with E-state index < -0.39 is 0 Å². The zero-order chi connectivity index (χ0) is 16.7. The highest BCUT2D eigenvalue weighted by atomic mass is 32.1. The summed E-state index contributed by atoms with van der Waals surface area (Å²) in [6, 6.07) is 14.9. The number of aryl methyl sites for hydroxylation is 2. The quantitative estimate of drug-likeness (QED) is 0.483.